The summed E-state index contributed by atoms with van der Waals surface area (Å²) in [5.41, 5.74) is 7.39. The van der Waals surface area contributed by atoms with Gasteiger partial charge in [-0.25, -0.2) is 0 Å². The van der Waals surface area contributed by atoms with Crippen LogP contribution < -0.4 is 10.9 Å². The van der Waals surface area contributed by atoms with Crippen LogP contribution in [0.2, 0.25) is 0 Å². The van der Waals surface area contributed by atoms with E-state index < -0.39 is 5.60 Å². The summed E-state index contributed by atoms with van der Waals surface area (Å²) in [4.78, 5) is 0. The number of nitrogens with one attached hydrogen (secondary N) is 2. The van der Waals surface area contributed by atoms with Gasteiger partial charge in [0, 0.05) is 12.6 Å². The van der Waals surface area contributed by atoms with Gasteiger partial charge in [-0.05, 0) is 33.3 Å². The lowest BCUT2D eigenvalue weighted by Gasteiger charge is -2.25. The van der Waals surface area contributed by atoms with Gasteiger partial charge in [-0.1, -0.05) is 43.7 Å². The van der Waals surface area contributed by atoms with Gasteiger partial charge in [-0.3, -0.25) is 10.9 Å². The number of rotatable bonds is 5. The second-order valence-corrected chi connectivity index (χ2v) is 4.79. The summed E-state index contributed by atoms with van der Waals surface area (Å²) in [6, 6.07) is 8.31. The van der Waals surface area contributed by atoms with Crippen molar-refractivity contribution in [1.82, 2.24) is 10.9 Å². The van der Waals surface area contributed by atoms with Crippen molar-refractivity contribution in [3.8, 4) is 0 Å². The first-order valence-electron chi connectivity index (χ1n) is 6.70. The molecule has 1 unspecified atom stereocenters. The maximum atomic E-state index is 10.3. The van der Waals surface area contributed by atoms with Gasteiger partial charge in [0.1, 0.15) is 5.60 Å². The molecule has 0 radical (unpaired) electrons. The maximum Gasteiger partial charge on any atom is 0.101 e. The van der Waals surface area contributed by atoms with E-state index in [1.165, 1.54) is 5.56 Å². The van der Waals surface area contributed by atoms with Crippen LogP contribution in [0, 0.1) is 6.92 Å². The van der Waals surface area contributed by atoms with Crippen LogP contribution in [0.25, 0.3) is 0 Å². The molecule has 0 spiro atoms. The van der Waals surface area contributed by atoms with E-state index in [1.54, 1.807) is 0 Å². The quantitative estimate of drug-likeness (QED) is 0.706. The third-order valence-electron chi connectivity index (χ3n) is 2.50. The smallest absolute Gasteiger partial charge is 0.101 e. The average Bonchev–Trinajstić information content (AvgIpc) is 2.31. The minimum absolute atomic E-state index is 0.355. The van der Waals surface area contributed by atoms with Crippen LogP contribution in [0.3, 0.4) is 0 Å². The fraction of sp³-hybridized carbons (Fsp3) is 0.600. The minimum Gasteiger partial charge on any atom is -0.384 e. The average molecular weight is 252 g/mol. The molecule has 1 rings (SSSR count). The molecule has 104 valence electrons. The van der Waals surface area contributed by atoms with Crippen molar-refractivity contribution in [3.63, 3.8) is 0 Å². The standard InChI is InChI=1S/C13H22N2O.C2H6/c1-10(2)15-14-9-13(4,16)12-7-5-11(3)6-8-12;1-2/h5-8,10,14-16H,9H2,1-4H3;1-2H3. The Kier molecular flexibility index (Phi) is 7.83. The maximum absolute atomic E-state index is 10.3. The molecule has 3 N–H and O–H groups in total. The van der Waals surface area contributed by atoms with E-state index in [1.807, 2.05) is 65.8 Å². The molecule has 0 aliphatic rings. The topological polar surface area (TPSA) is 44.3 Å². The molecule has 1 aromatic carbocycles. The summed E-state index contributed by atoms with van der Waals surface area (Å²) in [6.07, 6.45) is 0. The second kappa shape index (κ2) is 8.25. The lowest BCUT2D eigenvalue weighted by molar-refractivity contribution is 0.0522. The zero-order chi connectivity index (χ0) is 14.2. The summed E-state index contributed by atoms with van der Waals surface area (Å²) >= 11 is 0. The van der Waals surface area contributed by atoms with E-state index >= 15 is 0 Å². The molecule has 0 fully saturated rings. The summed E-state index contributed by atoms with van der Waals surface area (Å²) < 4.78 is 0. The largest absolute Gasteiger partial charge is 0.384 e. The zero-order valence-corrected chi connectivity index (χ0v) is 12.5. The minimum atomic E-state index is -0.852. The molecule has 0 heterocycles. The van der Waals surface area contributed by atoms with Gasteiger partial charge in [0.2, 0.25) is 0 Å². The molecule has 0 aliphatic carbocycles. The van der Waals surface area contributed by atoms with E-state index in [4.69, 9.17) is 0 Å². The summed E-state index contributed by atoms with van der Waals surface area (Å²) in [7, 11) is 0. The SMILES string of the molecule is CC.Cc1ccc(C(C)(O)CNNC(C)C)cc1. The van der Waals surface area contributed by atoms with E-state index in [0.717, 1.165) is 5.56 Å². The fourth-order valence-corrected chi connectivity index (χ4v) is 1.44. The van der Waals surface area contributed by atoms with Gasteiger partial charge in [-0.2, -0.15) is 0 Å². The first-order chi connectivity index (χ1) is 8.42. The highest BCUT2D eigenvalue weighted by Crippen LogP contribution is 2.19. The predicted molar refractivity (Wildman–Crippen MR) is 78.4 cm³/mol. The van der Waals surface area contributed by atoms with Crippen LogP contribution >= 0.6 is 0 Å². The molecule has 0 saturated heterocycles. The Morgan fingerprint density at radius 3 is 2.11 bits per heavy atom. The molecule has 3 heteroatoms. The zero-order valence-electron chi connectivity index (χ0n) is 12.5. The molecular weight excluding hydrogens is 224 g/mol. The Labute approximate surface area is 112 Å². The molecule has 0 aromatic heterocycles. The second-order valence-electron chi connectivity index (χ2n) is 4.79. The molecule has 0 bridgehead atoms. The first kappa shape index (κ1) is 17.1. The highest BCUT2D eigenvalue weighted by Gasteiger charge is 2.22. The Morgan fingerprint density at radius 2 is 1.67 bits per heavy atom. The fourth-order valence-electron chi connectivity index (χ4n) is 1.44. The molecule has 18 heavy (non-hydrogen) atoms. The Hall–Kier alpha value is -0.900. The van der Waals surface area contributed by atoms with Crippen LogP contribution in [0.15, 0.2) is 24.3 Å². The number of benzene rings is 1. The number of aryl methyl sites for hydroxylation is 1. The van der Waals surface area contributed by atoms with Crippen LogP contribution in [-0.4, -0.2) is 17.7 Å². The first-order valence-corrected chi connectivity index (χ1v) is 6.70. The normalized spacial score (nSPS) is 13.8. The van der Waals surface area contributed by atoms with E-state index in [2.05, 4.69) is 10.9 Å². The highest BCUT2D eigenvalue weighted by atomic mass is 16.3. The van der Waals surface area contributed by atoms with Crippen molar-refractivity contribution in [2.24, 2.45) is 0 Å². The van der Waals surface area contributed by atoms with Gasteiger partial charge in [0.25, 0.3) is 0 Å². The number of hydrazine groups is 1. The monoisotopic (exact) mass is 252 g/mol. The summed E-state index contributed by atoms with van der Waals surface area (Å²) in [5.74, 6) is 0. The van der Waals surface area contributed by atoms with Crippen LogP contribution in [-0.2, 0) is 5.60 Å². The van der Waals surface area contributed by atoms with Crippen molar-refractivity contribution in [2.75, 3.05) is 6.54 Å². The van der Waals surface area contributed by atoms with Crippen LogP contribution in [0.4, 0.5) is 0 Å². The van der Waals surface area contributed by atoms with Crippen molar-refractivity contribution < 1.29 is 5.11 Å². The Morgan fingerprint density at radius 1 is 1.17 bits per heavy atom. The van der Waals surface area contributed by atoms with Crippen LogP contribution in [0.5, 0.6) is 0 Å². The molecule has 1 aromatic rings. The number of aliphatic hydroxyl groups is 1. The molecule has 3 nitrogen and oxygen atoms in total. The summed E-state index contributed by atoms with van der Waals surface area (Å²) in [5, 5.41) is 10.3. The molecule has 0 amide bonds. The van der Waals surface area contributed by atoms with Gasteiger partial charge >= 0.3 is 0 Å². The molecule has 0 aliphatic heterocycles. The van der Waals surface area contributed by atoms with E-state index in [9.17, 15) is 5.11 Å². The van der Waals surface area contributed by atoms with Crippen molar-refractivity contribution in [2.45, 2.75) is 53.2 Å². The number of hydrogen-bond donors (Lipinski definition) is 3. The lowest BCUT2D eigenvalue weighted by Crippen LogP contribution is -2.45. The number of hydrogen-bond acceptors (Lipinski definition) is 3. The summed E-state index contributed by atoms with van der Waals surface area (Å²) in [6.45, 7) is 12.4. The van der Waals surface area contributed by atoms with Gasteiger partial charge in [0.15, 0.2) is 0 Å². The lowest BCUT2D eigenvalue weighted by atomic mass is 9.95. The van der Waals surface area contributed by atoms with E-state index in [0.29, 0.717) is 12.6 Å². The highest BCUT2D eigenvalue weighted by molar-refractivity contribution is 5.26. The van der Waals surface area contributed by atoms with Gasteiger partial charge in [0.05, 0.1) is 0 Å². The Balaban J connectivity index is 0.00000137. The van der Waals surface area contributed by atoms with Crippen molar-refractivity contribution >= 4 is 0 Å². The third-order valence-corrected chi connectivity index (χ3v) is 2.50. The van der Waals surface area contributed by atoms with E-state index in [-0.39, 0.29) is 0 Å². The van der Waals surface area contributed by atoms with Gasteiger partial charge < -0.3 is 5.11 Å². The Bertz CT molecular complexity index is 318. The van der Waals surface area contributed by atoms with Crippen molar-refractivity contribution in [1.29, 1.82) is 0 Å². The van der Waals surface area contributed by atoms with Crippen molar-refractivity contribution in [3.05, 3.63) is 35.4 Å². The van der Waals surface area contributed by atoms with Gasteiger partial charge in [-0.15, -0.1) is 0 Å². The molecule has 0 saturated carbocycles. The molecule has 1 atom stereocenters. The predicted octanol–water partition coefficient (Wildman–Crippen LogP) is 2.73. The third kappa shape index (κ3) is 6.15. The van der Waals surface area contributed by atoms with Crippen LogP contribution in [0.1, 0.15) is 45.7 Å². The molecular formula is C15H28N2O.